The van der Waals surface area contributed by atoms with Crippen LogP contribution in [-0.4, -0.2) is 29.7 Å². The van der Waals surface area contributed by atoms with Crippen molar-refractivity contribution >= 4 is 12.0 Å². The maximum Gasteiger partial charge on any atom is 0.573 e. The van der Waals surface area contributed by atoms with Gasteiger partial charge in [-0.3, -0.25) is 0 Å². The molecule has 0 fully saturated rings. The van der Waals surface area contributed by atoms with Crippen molar-refractivity contribution in [3.8, 4) is 23.3 Å². The minimum atomic E-state index is -5.04. The van der Waals surface area contributed by atoms with Crippen LogP contribution in [0.15, 0.2) is 17.7 Å². The third kappa shape index (κ3) is 4.41. The van der Waals surface area contributed by atoms with Crippen LogP contribution in [0.4, 0.5) is 26.3 Å². The molecule has 0 saturated heterocycles. The molecule has 0 saturated carbocycles. The molecule has 0 aromatic heterocycles. The molecule has 26 heavy (non-hydrogen) atoms. The first-order chi connectivity index (χ1) is 11.9. The summed E-state index contributed by atoms with van der Waals surface area (Å²) < 4.78 is 85.2. The average molecular weight is 380 g/mol. The van der Waals surface area contributed by atoms with Crippen LogP contribution in [-0.2, 0) is 11.2 Å². The molecule has 0 radical (unpaired) electrons. The van der Waals surface area contributed by atoms with Gasteiger partial charge in [-0.05, 0) is 25.1 Å². The molecular weight excluding hydrogens is 370 g/mol. The second-order valence-electron chi connectivity index (χ2n) is 5.10. The summed E-state index contributed by atoms with van der Waals surface area (Å²) in [6.07, 6.45) is -12.4. The number of ether oxygens (including phenoxy) is 2. The SMILES string of the molecule is CC#CCc1cc(OC(F)(F)F)cc2c1OC(C(F)(F)F)C(C(=O)O)=C2. The first kappa shape index (κ1) is 19.5. The molecule has 1 aromatic rings. The highest BCUT2D eigenvalue weighted by molar-refractivity contribution is 5.95. The van der Waals surface area contributed by atoms with Crippen molar-refractivity contribution in [3.63, 3.8) is 0 Å². The summed E-state index contributed by atoms with van der Waals surface area (Å²) in [6, 6.07) is 1.60. The number of hydrogen-bond donors (Lipinski definition) is 1. The molecule has 1 unspecified atom stereocenters. The van der Waals surface area contributed by atoms with Crippen LogP contribution in [0.25, 0.3) is 6.08 Å². The number of fused-ring (bicyclic) bond motifs is 1. The van der Waals surface area contributed by atoms with E-state index in [0.717, 1.165) is 12.1 Å². The van der Waals surface area contributed by atoms with E-state index in [1.165, 1.54) is 6.92 Å². The Hall–Kier alpha value is -2.83. The van der Waals surface area contributed by atoms with Gasteiger partial charge in [-0.2, -0.15) is 13.2 Å². The lowest BCUT2D eigenvalue weighted by molar-refractivity contribution is -0.274. The minimum Gasteiger partial charge on any atom is -0.478 e. The second kappa shape index (κ2) is 6.82. The Morgan fingerprint density at radius 3 is 2.42 bits per heavy atom. The fourth-order valence-corrected chi connectivity index (χ4v) is 2.28. The molecule has 1 heterocycles. The maximum absolute atomic E-state index is 13.1. The Balaban J connectivity index is 2.63. The fourth-order valence-electron chi connectivity index (χ4n) is 2.28. The van der Waals surface area contributed by atoms with Crippen LogP contribution in [0.3, 0.4) is 0 Å². The van der Waals surface area contributed by atoms with Crippen molar-refractivity contribution < 1.29 is 45.7 Å². The average Bonchev–Trinajstić information content (AvgIpc) is 2.48. The van der Waals surface area contributed by atoms with Crippen LogP contribution in [0.5, 0.6) is 11.5 Å². The van der Waals surface area contributed by atoms with E-state index in [0.29, 0.717) is 6.08 Å². The molecule has 10 heteroatoms. The van der Waals surface area contributed by atoms with E-state index in [-0.39, 0.29) is 17.5 Å². The third-order valence-corrected chi connectivity index (χ3v) is 3.23. The van der Waals surface area contributed by atoms with Crippen molar-refractivity contribution in [1.29, 1.82) is 0 Å². The highest BCUT2D eigenvalue weighted by Crippen LogP contribution is 2.41. The lowest BCUT2D eigenvalue weighted by atomic mass is 9.97. The Labute approximate surface area is 143 Å². The normalized spacial score (nSPS) is 16.6. The van der Waals surface area contributed by atoms with E-state index in [1.54, 1.807) is 0 Å². The summed E-state index contributed by atoms with van der Waals surface area (Å²) in [5.74, 6) is 1.94. The van der Waals surface area contributed by atoms with E-state index in [1.807, 2.05) is 0 Å². The Bertz CT molecular complexity index is 811. The van der Waals surface area contributed by atoms with Gasteiger partial charge in [0.2, 0.25) is 6.10 Å². The fraction of sp³-hybridized carbons (Fsp3) is 0.312. The zero-order chi connectivity index (χ0) is 19.7. The molecule has 1 N–H and O–H groups in total. The molecule has 4 nitrogen and oxygen atoms in total. The number of carbonyl (C=O) groups is 1. The molecular formula is C16H10F6O4. The van der Waals surface area contributed by atoms with Crippen LogP contribution in [0, 0.1) is 11.8 Å². The highest BCUT2D eigenvalue weighted by atomic mass is 19.4. The predicted molar refractivity (Wildman–Crippen MR) is 76.4 cm³/mol. The summed E-state index contributed by atoms with van der Waals surface area (Å²) in [5.41, 5.74) is -1.52. The first-order valence-electron chi connectivity index (χ1n) is 6.93. The van der Waals surface area contributed by atoms with Gasteiger partial charge in [-0.1, -0.05) is 5.92 Å². The molecule has 0 bridgehead atoms. The van der Waals surface area contributed by atoms with Crippen molar-refractivity contribution in [1.82, 2.24) is 0 Å². The van der Waals surface area contributed by atoms with Crippen molar-refractivity contribution in [2.24, 2.45) is 0 Å². The van der Waals surface area contributed by atoms with E-state index >= 15 is 0 Å². The summed E-state index contributed by atoms with van der Waals surface area (Å²) >= 11 is 0. The number of rotatable bonds is 3. The van der Waals surface area contributed by atoms with E-state index < -0.39 is 41.7 Å². The van der Waals surface area contributed by atoms with Crippen molar-refractivity contribution in [2.45, 2.75) is 32.0 Å². The van der Waals surface area contributed by atoms with Gasteiger partial charge in [-0.25, -0.2) is 4.79 Å². The maximum atomic E-state index is 13.1. The van der Waals surface area contributed by atoms with E-state index in [4.69, 9.17) is 9.84 Å². The highest BCUT2D eigenvalue weighted by Gasteiger charge is 2.49. The molecule has 140 valence electrons. The molecule has 1 aromatic carbocycles. The predicted octanol–water partition coefficient (Wildman–Crippen LogP) is 3.94. The second-order valence-corrected chi connectivity index (χ2v) is 5.10. The number of alkyl halides is 6. The number of aliphatic carboxylic acids is 1. The lowest BCUT2D eigenvalue weighted by Crippen LogP contribution is -2.40. The molecule has 0 amide bonds. The van der Waals surface area contributed by atoms with Crippen LogP contribution >= 0.6 is 0 Å². The summed E-state index contributed by atoms with van der Waals surface area (Å²) in [5, 5.41) is 8.98. The summed E-state index contributed by atoms with van der Waals surface area (Å²) in [7, 11) is 0. The number of halogens is 6. The van der Waals surface area contributed by atoms with Crippen LogP contribution in [0.1, 0.15) is 18.1 Å². The van der Waals surface area contributed by atoms with Crippen molar-refractivity contribution in [2.75, 3.05) is 0 Å². The number of carboxylic acid groups (broad SMARTS) is 1. The van der Waals surface area contributed by atoms with Crippen molar-refractivity contribution in [3.05, 3.63) is 28.8 Å². The lowest BCUT2D eigenvalue weighted by Gasteiger charge is -2.28. The van der Waals surface area contributed by atoms with Gasteiger partial charge in [-0.15, -0.1) is 19.1 Å². The Morgan fingerprint density at radius 1 is 1.27 bits per heavy atom. The minimum absolute atomic E-state index is 0.0916. The van der Waals surface area contributed by atoms with Gasteiger partial charge in [0.1, 0.15) is 11.5 Å². The van der Waals surface area contributed by atoms with Gasteiger partial charge in [0.15, 0.2) is 0 Å². The summed E-state index contributed by atoms with van der Waals surface area (Å²) in [6.45, 7) is 1.43. The van der Waals surface area contributed by atoms with E-state index in [9.17, 15) is 31.1 Å². The molecule has 0 aliphatic carbocycles. The standard InChI is InChI=1S/C16H10F6O4/c1-2-3-4-8-5-10(26-16(20,21)22)6-9-7-11(14(23)24)13(15(17,18)19)25-12(8)9/h5-7,13H,4H2,1H3,(H,23,24). The van der Waals surface area contributed by atoms with Gasteiger partial charge >= 0.3 is 18.5 Å². The van der Waals surface area contributed by atoms with Gasteiger partial charge in [0.25, 0.3) is 0 Å². The topological polar surface area (TPSA) is 55.8 Å². The number of carboxylic acids is 1. The van der Waals surface area contributed by atoms with Gasteiger partial charge in [0, 0.05) is 17.5 Å². The number of benzene rings is 1. The monoisotopic (exact) mass is 380 g/mol. The third-order valence-electron chi connectivity index (χ3n) is 3.23. The smallest absolute Gasteiger partial charge is 0.478 e. The quantitative estimate of drug-likeness (QED) is 0.638. The Morgan fingerprint density at radius 2 is 1.92 bits per heavy atom. The molecule has 1 aliphatic rings. The zero-order valence-corrected chi connectivity index (χ0v) is 13.0. The van der Waals surface area contributed by atoms with Gasteiger partial charge < -0.3 is 14.6 Å². The molecule has 1 atom stereocenters. The van der Waals surface area contributed by atoms with E-state index in [2.05, 4.69) is 16.6 Å². The first-order valence-corrected chi connectivity index (χ1v) is 6.93. The molecule has 1 aliphatic heterocycles. The van der Waals surface area contributed by atoms with Crippen LogP contribution in [0.2, 0.25) is 0 Å². The largest absolute Gasteiger partial charge is 0.573 e. The number of hydrogen-bond acceptors (Lipinski definition) is 3. The summed E-state index contributed by atoms with van der Waals surface area (Å²) in [4.78, 5) is 11.1. The molecule has 2 rings (SSSR count). The van der Waals surface area contributed by atoms with Gasteiger partial charge in [0.05, 0.1) is 5.57 Å². The molecule has 0 spiro atoms. The Kier molecular flexibility index (Phi) is 5.11. The zero-order valence-electron chi connectivity index (χ0n) is 13.0. The van der Waals surface area contributed by atoms with Crippen LogP contribution < -0.4 is 9.47 Å².